The van der Waals surface area contributed by atoms with E-state index in [0.29, 0.717) is 0 Å². The second-order valence-electron chi connectivity index (χ2n) is 5.48. The zero-order valence-corrected chi connectivity index (χ0v) is 12.0. The molecule has 0 spiro atoms. The first-order chi connectivity index (χ1) is 9.28. The van der Waals surface area contributed by atoms with Crippen molar-refractivity contribution in [3.63, 3.8) is 0 Å². The van der Waals surface area contributed by atoms with Crippen LogP contribution < -0.4 is 5.73 Å². The molecule has 106 valence electrons. The third kappa shape index (κ3) is 4.90. The summed E-state index contributed by atoms with van der Waals surface area (Å²) in [6.07, 6.45) is 6.28. The molecule has 0 unspecified atom stereocenters. The number of nitrogens with zero attached hydrogens (tertiary/aromatic N) is 3. The Morgan fingerprint density at radius 2 is 1.84 bits per heavy atom. The van der Waals surface area contributed by atoms with Crippen LogP contribution in [-0.2, 0) is 6.54 Å². The summed E-state index contributed by atoms with van der Waals surface area (Å²) in [4.78, 5) is 9.35. The molecule has 2 rings (SSSR count). The van der Waals surface area contributed by atoms with Crippen LogP contribution in [0, 0.1) is 6.92 Å². The number of rotatable bonds is 6. The van der Waals surface area contributed by atoms with Crippen molar-refractivity contribution in [2.75, 3.05) is 39.3 Å². The van der Waals surface area contributed by atoms with Crippen LogP contribution in [0.4, 0.5) is 0 Å². The van der Waals surface area contributed by atoms with E-state index in [0.717, 1.165) is 32.6 Å². The number of unbranched alkanes of at least 4 members (excludes halogenated alkanes) is 1. The predicted octanol–water partition coefficient (Wildman–Crippen LogP) is 1.25. The van der Waals surface area contributed by atoms with Crippen molar-refractivity contribution >= 4 is 0 Å². The average molecular weight is 262 g/mol. The number of pyridine rings is 1. The normalized spacial score (nSPS) is 17.8. The summed E-state index contributed by atoms with van der Waals surface area (Å²) in [5, 5.41) is 0. The van der Waals surface area contributed by atoms with E-state index in [-0.39, 0.29) is 0 Å². The molecule has 4 nitrogen and oxygen atoms in total. The van der Waals surface area contributed by atoms with Crippen molar-refractivity contribution in [1.29, 1.82) is 0 Å². The maximum atomic E-state index is 5.53. The van der Waals surface area contributed by atoms with Gasteiger partial charge in [-0.15, -0.1) is 0 Å². The van der Waals surface area contributed by atoms with Gasteiger partial charge in [0.2, 0.25) is 0 Å². The first-order valence-electron chi connectivity index (χ1n) is 7.33. The van der Waals surface area contributed by atoms with Gasteiger partial charge in [0.15, 0.2) is 0 Å². The maximum absolute atomic E-state index is 5.53. The first-order valence-corrected chi connectivity index (χ1v) is 7.33. The van der Waals surface area contributed by atoms with Crippen molar-refractivity contribution in [2.24, 2.45) is 5.73 Å². The van der Waals surface area contributed by atoms with Crippen LogP contribution in [0.25, 0.3) is 0 Å². The van der Waals surface area contributed by atoms with Gasteiger partial charge in [0.05, 0.1) is 0 Å². The number of hydrogen-bond acceptors (Lipinski definition) is 4. The van der Waals surface area contributed by atoms with Gasteiger partial charge in [-0.05, 0) is 44.0 Å². The van der Waals surface area contributed by atoms with E-state index in [2.05, 4.69) is 27.8 Å². The summed E-state index contributed by atoms with van der Waals surface area (Å²) in [6, 6.07) is 2.24. The molecule has 0 atom stereocenters. The highest BCUT2D eigenvalue weighted by molar-refractivity contribution is 5.16. The van der Waals surface area contributed by atoms with Crippen LogP contribution >= 0.6 is 0 Å². The third-order valence-electron chi connectivity index (χ3n) is 3.73. The molecule has 0 aromatic carbocycles. The van der Waals surface area contributed by atoms with Gasteiger partial charge in [0, 0.05) is 45.1 Å². The molecule has 1 aliphatic heterocycles. The summed E-state index contributed by atoms with van der Waals surface area (Å²) in [5.41, 5.74) is 8.11. The molecule has 1 aliphatic rings. The monoisotopic (exact) mass is 262 g/mol. The largest absolute Gasteiger partial charge is 0.330 e. The average Bonchev–Trinajstić information content (AvgIpc) is 2.41. The Labute approximate surface area is 116 Å². The highest BCUT2D eigenvalue weighted by atomic mass is 15.3. The lowest BCUT2D eigenvalue weighted by Gasteiger charge is -2.34. The van der Waals surface area contributed by atoms with Gasteiger partial charge >= 0.3 is 0 Å². The lowest BCUT2D eigenvalue weighted by atomic mass is 10.2. The molecule has 19 heavy (non-hydrogen) atoms. The van der Waals surface area contributed by atoms with Gasteiger partial charge in [-0.2, -0.15) is 0 Å². The van der Waals surface area contributed by atoms with Crippen LogP contribution in [0.1, 0.15) is 24.0 Å². The zero-order valence-electron chi connectivity index (χ0n) is 12.0. The van der Waals surface area contributed by atoms with E-state index in [1.165, 1.54) is 37.2 Å². The fourth-order valence-corrected chi connectivity index (χ4v) is 2.61. The lowest BCUT2D eigenvalue weighted by Crippen LogP contribution is -2.46. The summed E-state index contributed by atoms with van der Waals surface area (Å²) in [5.74, 6) is 0. The highest BCUT2D eigenvalue weighted by Crippen LogP contribution is 2.09. The van der Waals surface area contributed by atoms with E-state index in [9.17, 15) is 0 Å². The minimum absolute atomic E-state index is 0.820. The lowest BCUT2D eigenvalue weighted by molar-refractivity contribution is 0.126. The SMILES string of the molecule is Cc1cncc(CN2CCN(CCCCN)CC2)c1. The van der Waals surface area contributed by atoms with E-state index in [4.69, 9.17) is 5.73 Å². The molecular formula is C15H26N4. The second-order valence-corrected chi connectivity index (χ2v) is 5.48. The zero-order chi connectivity index (χ0) is 13.5. The minimum Gasteiger partial charge on any atom is -0.330 e. The number of hydrogen-bond donors (Lipinski definition) is 1. The number of aromatic nitrogens is 1. The predicted molar refractivity (Wildman–Crippen MR) is 79.0 cm³/mol. The van der Waals surface area contributed by atoms with E-state index in [1.54, 1.807) is 0 Å². The van der Waals surface area contributed by atoms with Crippen molar-refractivity contribution < 1.29 is 0 Å². The Morgan fingerprint density at radius 3 is 2.53 bits per heavy atom. The summed E-state index contributed by atoms with van der Waals surface area (Å²) in [7, 11) is 0. The van der Waals surface area contributed by atoms with Crippen LogP contribution in [0.5, 0.6) is 0 Å². The topological polar surface area (TPSA) is 45.4 Å². The van der Waals surface area contributed by atoms with Crippen molar-refractivity contribution in [3.8, 4) is 0 Å². The number of nitrogens with two attached hydrogens (primary N) is 1. The van der Waals surface area contributed by atoms with Gasteiger partial charge in [0.1, 0.15) is 0 Å². The van der Waals surface area contributed by atoms with Gasteiger partial charge in [-0.3, -0.25) is 9.88 Å². The molecule has 0 bridgehead atoms. The quantitative estimate of drug-likeness (QED) is 0.784. The molecule has 1 aromatic heterocycles. The first kappa shape index (κ1) is 14.4. The second kappa shape index (κ2) is 7.58. The number of piperazine rings is 1. The Balaban J connectivity index is 1.71. The smallest absolute Gasteiger partial charge is 0.0313 e. The minimum atomic E-state index is 0.820. The van der Waals surface area contributed by atoms with Gasteiger partial charge < -0.3 is 10.6 Å². The molecule has 2 heterocycles. The van der Waals surface area contributed by atoms with Gasteiger partial charge in [-0.1, -0.05) is 6.07 Å². The van der Waals surface area contributed by atoms with Crippen LogP contribution in [0.3, 0.4) is 0 Å². The molecule has 0 amide bonds. The fourth-order valence-electron chi connectivity index (χ4n) is 2.61. The van der Waals surface area contributed by atoms with E-state index in [1.807, 2.05) is 12.4 Å². The van der Waals surface area contributed by atoms with Crippen molar-refractivity contribution in [1.82, 2.24) is 14.8 Å². The standard InChI is InChI=1S/C15H26N4/c1-14-10-15(12-17-11-14)13-19-8-6-18(7-9-19)5-3-2-4-16/h10-12H,2-9,13,16H2,1H3. The number of aryl methyl sites for hydroxylation is 1. The van der Waals surface area contributed by atoms with Crippen molar-refractivity contribution in [3.05, 3.63) is 29.6 Å². The molecule has 4 heteroatoms. The molecule has 2 N–H and O–H groups in total. The molecule has 1 fully saturated rings. The van der Waals surface area contributed by atoms with Gasteiger partial charge in [0.25, 0.3) is 0 Å². The highest BCUT2D eigenvalue weighted by Gasteiger charge is 2.16. The molecule has 0 saturated carbocycles. The molecule has 0 aliphatic carbocycles. The van der Waals surface area contributed by atoms with E-state index < -0.39 is 0 Å². The fraction of sp³-hybridized carbons (Fsp3) is 0.667. The Hall–Kier alpha value is -0.970. The van der Waals surface area contributed by atoms with E-state index >= 15 is 0 Å². The molecular weight excluding hydrogens is 236 g/mol. The van der Waals surface area contributed by atoms with Crippen LogP contribution in [0.2, 0.25) is 0 Å². The van der Waals surface area contributed by atoms with Crippen LogP contribution in [0.15, 0.2) is 18.5 Å². The molecule has 1 aromatic rings. The Morgan fingerprint density at radius 1 is 1.11 bits per heavy atom. The third-order valence-corrected chi connectivity index (χ3v) is 3.73. The summed E-state index contributed by atoms with van der Waals surface area (Å²) < 4.78 is 0. The summed E-state index contributed by atoms with van der Waals surface area (Å²) >= 11 is 0. The Kier molecular flexibility index (Phi) is 5.76. The summed E-state index contributed by atoms with van der Waals surface area (Å²) in [6.45, 7) is 9.86. The molecule has 0 radical (unpaired) electrons. The van der Waals surface area contributed by atoms with Gasteiger partial charge in [-0.25, -0.2) is 0 Å². The van der Waals surface area contributed by atoms with Crippen molar-refractivity contribution in [2.45, 2.75) is 26.3 Å². The maximum Gasteiger partial charge on any atom is 0.0313 e. The molecule has 1 saturated heterocycles. The van der Waals surface area contributed by atoms with Crippen LogP contribution in [-0.4, -0.2) is 54.1 Å². The Bertz CT molecular complexity index is 372.